The number of aromatic nitrogens is 2. The fourth-order valence-electron chi connectivity index (χ4n) is 2.10. The number of hydrogen-bond acceptors (Lipinski definition) is 4. The summed E-state index contributed by atoms with van der Waals surface area (Å²) in [4.78, 5) is 8.60. The van der Waals surface area contributed by atoms with E-state index < -0.39 is 6.61 Å². The maximum absolute atomic E-state index is 12.4. The van der Waals surface area contributed by atoms with E-state index in [-0.39, 0.29) is 5.75 Å². The SMILES string of the molecule is FC(F)Oc1ccccc1CNc1cc(Cl)nc(C2CC2)n1. The predicted molar refractivity (Wildman–Crippen MR) is 79.4 cm³/mol. The molecule has 0 unspecified atom stereocenters. The molecule has 0 spiro atoms. The first kappa shape index (κ1) is 15.0. The van der Waals surface area contributed by atoms with E-state index in [0.29, 0.717) is 29.0 Å². The van der Waals surface area contributed by atoms with Crippen LogP contribution in [0.5, 0.6) is 5.75 Å². The zero-order chi connectivity index (χ0) is 15.5. The Hall–Kier alpha value is -1.95. The van der Waals surface area contributed by atoms with Crippen LogP contribution in [0.15, 0.2) is 30.3 Å². The monoisotopic (exact) mass is 325 g/mol. The van der Waals surface area contributed by atoms with Crippen LogP contribution in [-0.4, -0.2) is 16.6 Å². The Morgan fingerprint density at radius 1 is 1.27 bits per heavy atom. The number of rotatable bonds is 6. The van der Waals surface area contributed by atoms with Crippen molar-refractivity contribution in [3.05, 3.63) is 46.9 Å². The second-order valence-electron chi connectivity index (χ2n) is 5.05. The average Bonchev–Trinajstić information content (AvgIpc) is 3.30. The molecule has 3 rings (SSSR count). The molecule has 1 aromatic heterocycles. The van der Waals surface area contributed by atoms with Gasteiger partial charge >= 0.3 is 6.61 Å². The summed E-state index contributed by atoms with van der Waals surface area (Å²) < 4.78 is 29.3. The topological polar surface area (TPSA) is 47.0 Å². The lowest BCUT2D eigenvalue weighted by Crippen LogP contribution is -2.08. The van der Waals surface area contributed by atoms with Gasteiger partial charge in [-0.1, -0.05) is 29.8 Å². The first-order valence-corrected chi connectivity index (χ1v) is 7.30. The molecule has 1 aliphatic carbocycles. The number of ether oxygens (including phenoxy) is 1. The van der Waals surface area contributed by atoms with E-state index in [0.717, 1.165) is 18.7 Å². The summed E-state index contributed by atoms with van der Waals surface area (Å²) in [5.41, 5.74) is 0.616. The van der Waals surface area contributed by atoms with Gasteiger partial charge in [-0.3, -0.25) is 0 Å². The van der Waals surface area contributed by atoms with Crippen molar-refractivity contribution in [2.75, 3.05) is 5.32 Å². The van der Waals surface area contributed by atoms with Crippen LogP contribution in [0.1, 0.15) is 30.1 Å². The van der Waals surface area contributed by atoms with Crippen LogP contribution in [0.3, 0.4) is 0 Å². The van der Waals surface area contributed by atoms with Crippen molar-refractivity contribution < 1.29 is 13.5 Å². The van der Waals surface area contributed by atoms with Crippen LogP contribution >= 0.6 is 11.6 Å². The molecule has 1 N–H and O–H groups in total. The molecule has 1 heterocycles. The number of para-hydroxylation sites is 1. The maximum atomic E-state index is 12.4. The quantitative estimate of drug-likeness (QED) is 0.808. The van der Waals surface area contributed by atoms with Gasteiger partial charge in [-0.15, -0.1) is 0 Å². The highest BCUT2D eigenvalue weighted by atomic mass is 35.5. The minimum atomic E-state index is -2.85. The van der Waals surface area contributed by atoms with Gasteiger partial charge in [0, 0.05) is 24.1 Å². The van der Waals surface area contributed by atoms with Crippen molar-refractivity contribution in [3.63, 3.8) is 0 Å². The summed E-state index contributed by atoms with van der Waals surface area (Å²) in [6.07, 6.45) is 2.15. The van der Waals surface area contributed by atoms with Gasteiger partial charge in [-0.05, 0) is 18.9 Å². The largest absolute Gasteiger partial charge is 0.434 e. The molecule has 2 aromatic rings. The fourth-order valence-corrected chi connectivity index (χ4v) is 2.29. The van der Waals surface area contributed by atoms with Gasteiger partial charge in [0.1, 0.15) is 22.5 Å². The van der Waals surface area contributed by atoms with E-state index in [2.05, 4.69) is 20.0 Å². The molecule has 0 atom stereocenters. The smallest absolute Gasteiger partial charge is 0.387 e. The normalized spacial score (nSPS) is 14.2. The Morgan fingerprint density at radius 2 is 2.05 bits per heavy atom. The van der Waals surface area contributed by atoms with Gasteiger partial charge in [-0.2, -0.15) is 8.78 Å². The van der Waals surface area contributed by atoms with Crippen molar-refractivity contribution in [1.82, 2.24) is 9.97 Å². The molecule has 4 nitrogen and oxygen atoms in total. The number of hydrogen-bond donors (Lipinski definition) is 1. The Bertz CT molecular complexity index is 665. The highest BCUT2D eigenvalue weighted by molar-refractivity contribution is 6.29. The van der Waals surface area contributed by atoms with Gasteiger partial charge in [0.05, 0.1) is 0 Å². The zero-order valence-corrected chi connectivity index (χ0v) is 12.4. The lowest BCUT2D eigenvalue weighted by Gasteiger charge is -2.12. The minimum Gasteiger partial charge on any atom is -0.434 e. The average molecular weight is 326 g/mol. The van der Waals surface area contributed by atoms with Crippen LogP contribution in [0.4, 0.5) is 14.6 Å². The minimum absolute atomic E-state index is 0.146. The van der Waals surface area contributed by atoms with E-state index in [1.807, 2.05) is 0 Å². The third-order valence-corrected chi connectivity index (χ3v) is 3.50. The molecule has 1 saturated carbocycles. The van der Waals surface area contributed by atoms with Crippen LogP contribution in [-0.2, 0) is 6.54 Å². The van der Waals surface area contributed by atoms with Gasteiger partial charge in [0.15, 0.2) is 0 Å². The molecule has 22 heavy (non-hydrogen) atoms. The Balaban J connectivity index is 1.72. The van der Waals surface area contributed by atoms with E-state index in [9.17, 15) is 8.78 Å². The molecule has 0 radical (unpaired) electrons. The van der Waals surface area contributed by atoms with Crippen LogP contribution in [0, 0.1) is 0 Å². The van der Waals surface area contributed by atoms with Gasteiger partial charge in [0.2, 0.25) is 0 Å². The molecule has 116 valence electrons. The molecular weight excluding hydrogens is 312 g/mol. The number of nitrogens with zero attached hydrogens (tertiary/aromatic N) is 2. The van der Waals surface area contributed by atoms with Gasteiger partial charge < -0.3 is 10.1 Å². The predicted octanol–water partition coefficient (Wildman–Crippen LogP) is 4.22. The standard InChI is InChI=1S/C15H14ClF2N3O/c16-12-7-13(21-14(20-12)9-5-6-9)19-8-10-3-1-2-4-11(10)22-15(17)18/h1-4,7,9,15H,5-6,8H2,(H,19,20,21). The highest BCUT2D eigenvalue weighted by Crippen LogP contribution is 2.38. The lowest BCUT2D eigenvalue weighted by molar-refractivity contribution is -0.0504. The molecule has 1 aliphatic rings. The molecule has 0 bridgehead atoms. The number of nitrogens with one attached hydrogen (secondary N) is 1. The molecular formula is C15H14ClF2N3O. The van der Waals surface area contributed by atoms with E-state index in [1.165, 1.54) is 6.07 Å². The Labute approximate surface area is 131 Å². The van der Waals surface area contributed by atoms with Crippen LogP contribution in [0.2, 0.25) is 5.15 Å². The summed E-state index contributed by atoms with van der Waals surface area (Å²) >= 11 is 5.99. The second kappa shape index (κ2) is 6.44. The van der Waals surface area contributed by atoms with E-state index in [4.69, 9.17) is 11.6 Å². The van der Waals surface area contributed by atoms with Crippen molar-refractivity contribution in [2.45, 2.75) is 31.9 Å². The Kier molecular flexibility index (Phi) is 4.38. The summed E-state index contributed by atoms with van der Waals surface area (Å²) in [5, 5.41) is 3.45. The number of anilines is 1. The third-order valence-electron chi connectivity index (χ3n) is 3.30. The number of halogens is 3. The Morgan fingerprint density at radius 3 is 2.77 bits per heavy atom. The highest BCUT2D eigenvalue weighted by Gasteiger charge is 2.27. The molecule has 0 amide bonds. The van der Waals surface area contributed by atoms with Crippen molar-refractivity contribution in [1.29, 1.82) is 0 Å². The van der Waals surface area contributed by atoms with Gasteiger partial charge in [-0.25, -0.2) is 9.97 Å². The van der Waals surface area contributed by atoms with Crippen molar-refractivity contribution in [3.8, 4) is 5.75 Å². The molecule has 1 fully saturated rings. The van der Waals surface area contributed by atoms with Crippen molar-refractivity contribution >= 4 is 17.4 Å². The molecule has 0 saturated heterocycles. The summed E-state index contributed by atoms with van der Waals surface area (Å²) in [7, 11) is 0. The first-order chi connectivity index (χ1) is 10.6. The fraction of sp³-hybridized carbons (Fsp3) is 0.333. The van der Waals surface area contributed by atoms with Crippen LogP contribution < -0.4 is 10.1 Å². The first-order valence-electron chi connectivity index (χ1n) is 6.93. The zero-order valence-electron chi connectivity index (χ0n) is 11.6. The number of alkyl halides is 2. The molecule has 0 aliphatic heterocycles. The lowest BCUT2D eigenvalue weighted by atomic mass is 10.2. The summed E-state index contributed by atoms with van der Waals surface area (Å²) in [6.45, 7) is -2.54. The van der Waals surface area contributed by atoms with E-state index >= 15 is 0 Å². The second-order valence-corrected chi connectivity index (χ2v) is 5.44. The number of benzene rings is 1. The molecule has 1 aromatic carbocycles. The van der Waals surface area contributed by atoms with Crippen molar-refractivity contribution in [2.24, 2.45) is 0 Å². The third kappa shape index (κ3) is 3.82. The molecule has 7 heteroatoms. The van der Waals surface area contributed by atoms with E-state index in [1.54, 1.807) is 24.3 Å². The van der Waals surface area contributed by atoms with Crippen LogP contribution in [0.25, 0.3) is 0 Å². The van der Waals surface area contributed by atoms with Gasteiger partial charge in [0.25, 0.3) is 0 Å². The summed E-state index contributed by atoms with van der Waals surface area (Å²) in [5.74, 6) is 1.84. The maximum Gasteiger partial charge on any atom is 0.387 e. The summed E-state index contributed by atoms with van der Waals surface area (Å²) in [6, 6.07) is 8.25.